The van der Waals surface area contributed by atoms with E-state index in [9.17, 15) is 8.42 Å². The zero-order chi connectivity index (χ0) is 14.0. The number of nitrogens with one attached hydrogen (secondary N) is 2. The molecule has 19 heavy (non-hydrogen) atoms. The fourth-order valence-electron chi connectivity index (χ4n) is 2.63. The van der Waals surface area contributed by atoms with Gasteiger partial charge in [-0.05, 0) is 50.4 Å². The minimum absolute atomic E-state index is 0.323. The Bertz CT molecular complexity index is 374. The van der Waals surface area contributed by atoms with Crippen LogP contribution in [0.5, 0.6) is 0 Å². The van der Waals surface area contributed by atoms with Crippen molar-refractivity contribution in [2.75, 3.05) is 13.1 Å². The van der Waals surface area contributed by atoms with Gasteiger partial charge in [-0.2, -0.15) is 0 Å². The topological polar surface area (TPSA) is 58.2 Å². The zero-order valence-corrected chi connectivity index (χ0v) is 13.2. The maximum absolute atomic E-state index is 12.2. The minimum atomic E-state index is -3.17. The van der Waals surface area contributed by atoms with Gasteiger partial charge >= 0.3 is 0 Å². The van der Waals surface area contributed by atoms with Crippen molar-refractivity contribution < 1.29 is 8.42 Å². The fourth-order valence-corrected chi connectivity index (χ4v) is 3.66. The summed E-state index contributed by atoms with van der Waals surface area (Å²) in [5.74, 6) is 2.18. The van der Waals surface area contributed by atoms with Gasteiger partial charge in [-0.1, -0.05) is 13.8 Å². The molecule has 0 heterocycles. The second-order valence-electron chi connectivity index (χ2n) is 6.61. The van der Waals surface area contributed by atoms with Crippen LogP contribution in [-0.2, 0) is 10.0 Å². The van der Waals surface area contributed by atoms with Crippen molar-refractivity contribution in [2.45, 2.75) is 57.7 Å². The van der Waals surface area contributed by atoms with Gasteiger partial charge in [0.15, 0.2) is 0 Å². The average Bonchev–Trinajstić information content (AvgIpc) is 3.17. The van der Waals surface area contributed by atoms with Crippen LogP contribution >= 0.6 is 0 Å². The standard InChI is InChI=1S/C14H28N2O2S/c1-10(2)15-8-11(3)19(17,18)16-9-14(12-4-5-12)13-6-7-13/h10-16H,4-9H2,1-3H3. The Morgan fingerprint density at radius 1 is 1.00 bits per heavy atom. The molecule has 4 nitrogen and oxygen atoms in total. The molecule has 2 fully saturated rings. The Balaban J connectivity index is 1.78. The molecule has 5 heteroatoms. The first kappa shape index (κ1) is 15.3. The summed E-state index contributed by atoms with van der Waals surface area (Å²) in [6, 6.07) is 0.323. The third-order valence-electron chi connectivity index (χ3n) is 4.32. The van der Waals surface area contributed by atoms with Crippen LogP contribution in [0.2, 0.25) is 0 Å². The lowest BCUT2D eigenvalue weighted by Gasteiger charge is -2.20. The van der Waals surface area contributed by atoms with Gasteiger partial charge < -0.3 is 5.32 Å². The molecule has 0 spiro atoms. The van der Waals surface area contributed by atoms with Crippen LogP contribution in [-0.4, -0.2) is 32.8 Å². The summed E-state index contributed by atoms with van der Waals surface area (Å²) in [6.07, 6.45) is 5.20. The van der Waals surface area contributed by atoms with E-state index in [1.165, 1.54) is 25.7 Å². The van der Waals surface area contributed by atoms with Gasteiger partial charge in [-0.15, -0.1) is 0 Å². The van der Waals surface area contributed by atoms with E-state index >= 15 is 0 Å². The third-order valence-corrected chi connectivity index (χ3v) is 6.11. The van der Waals surface area contributed by atoms with Crippen LogP contribution in [0.1, 0.15) is 46.5 Å². The van der Waals surface area contributed by atoms with Gasteiger partial charge in [0.05, 0.1) is 5.25 Å². The van der Waals surface area contributed by atoms with Crippen LogP contribution in [0.3, 0.4) is 0 Å². The second kappa shape index (κ2) is 6.10. The van der Waals surface area contributed by atoms with E-state index in [2.05, 4.69) is 10.0 Å². The highest BCUT2D eigenvalue weighted by molar-refractivity contribution is 7.90. The molecule has 2 N–H and O–H groups in total. The van der Waals surface area contributed by atoms with Crippen molar-refractivity contribution in [3.63, 3.8) is 0 Å². The summed E-state index contributed by atoms with van der Waals surface area (Å²) in [7, 11) is -3.17. The summed E-state index contributed by atoms with van der Waals surface area (Å²) < 4.78 is 27.2. The molecule has 0 aromatic heterocycles. The summed E-state index contributed by atoms with van der Waals surface area (Å²) in [5.41, 5.74) is 0. The normalized spacial score (nSPS) is 22.2. The predicted octanol–water partition coefficient (Wildman–Crippen LogP) is 1.73. The predicted molar refractivity (Wildman–Crippen MR) is 78.5 cm³/mol. The van der Waals surface area contributed by atoms with Crippen molar-refractivity contribution in [3.05, 3.63) is 0 Å². The van der Waals surface area contributed by atoms with E-state index in [0.717, 1.165) is 11.8 Å². The summed E-state index contributed by atoms with van der Waals surface area (Å²) >= 11 is 0. The van der Waals surface area contributed by atoms with Gasteiger partial charge in [0, 0.05) is 19.1 Å². The Morgan fingerprint density at radius 3 is 1.95 bits per heavy atom. The van der Waals surface area contributed by atoms with Crippen LogP contribution < -0.4 is 10.0 Å². The van der Waals surface area contributed by atoms with Crippen molar-refractivity contribution in [1.29, 1.82) is 0 Å². The van der Waals surface area contributed by atoms with E-state index in [0.29, 0.717) is 25.0 Å². The van der Waals surface area contributed by atoms with Gasteiger partial charge in [0.2, 0.25) is 10.0 Å². The van der Waals surface area contributed by atoms with E-state index in [4.69, 9.17) is 0 Å². The highest BCUT2D eigenvalue weighted by Crippen LogP contribution is 2.48. The third kappa shape index (κ3) is 4.72. The molecular weight excluding hydrogens is 260 g/mol. The molecule has 0 aromatic rings. The molecule has 0 bridgehead atoms. The molecule has 2 saturated carbocycles. The van der Waals surface area contributed by atoms with Crippen LogP contribution in [0, 0.1) is 17.8 Å². The van der Waals surface area contributed by atoms with Crippen LogP contribution in [0.15, 0.2) is 0 Å². The van der Waals surface area contributed by atoms with Crippen molar-refractivity contribution in [2.24, 2.45) is 17.8 Å². The van der Waals surface area contributed by atoms with Gasteiger partial charge in [-0.25, -0.2) is 13.1 Å². The largest absolute Gasteiger partial charge is 0.313 e. The van der Waals surface area contributed by atoms with Gasteiger partial charge in [-0.3, -0.25) is 0 Å². The van der Waals surface area contributed by atoms with Gasteiger partial charge in [0.1, 0.15) is 0 Å². The maximum atomic E-state index is 12.2. The minimum Gasteiger partial charge on any atom is -0.313 e. The Hall–Kier alpha value is -0.130. The quantitative estimate of drug-likeness (QED) is 0.679. The fraction of sp³-hybridized carbons (Fsp3) is 1.00. The molecule has 2 rings (SSSR count). The van der Waals surface area contributed by atoms with Crippen LogP contribution in [0.4, 0.5) is 0 Å². The second-order valence-corrected chi connectivity index (χ2v) is 8.79. The Kier molecular flexibility index (Phi) is 4.90. The molecule has 0 radical (unpaired) electrons. The SMILES string of the molecule is CC(C)NCC(C)S(=O)(=O)NCC(C1CC1)C1CC1. The monoisotopic (exact) mass is 288 g/mol. The Morgan fingerprint density at radius 2 is 1.53 bits per heavy atom. The molecule has 112 valence electrons. The first-order valence-electron chi connectivity index (χ1n) is 7.62. The van der Waals surface area contributed by atoms with Crippen molar-refractivity contribution in [1.82, 2.24) is 10.0 Å². The molecule has 1 unspecified atom stereocenters. The maximum Gasteiger partial charge on any atom is 0.215 e. The summed E-state index contributed by atoms with van der Waals surface area (Å²) in [6.45, 7) is 7.02. The van der Waals surface area contributed by atoms with E-state index in [1.807, 2.05) is 13.8 Å². The molecule has 0 saturated heterocycles. The zero-order valence-electron chi connectivity index (χ0n) is 12.4. The van der Waals surface area contributed by atoms with Crippen molar-refractivity contribution in [3.8, 4) is 0 Å². The molecule has 1 atom stereocenters. The summed E-state index contributed by atoms with van der Waals surface area (Å²) in [5, 5.41) is 2.82. The number of hydrogen-bond acceptors (Lipinski definition) is 3. The molecule has 2 aliphatic carbocycles. The van der Waals surface area contributed by atoms with Crippen LogP contribution in [0.25, 0.3) is 0 Å². The lowest BCUT2D eigenvalue weighted by molar-refractivity contribution is 0.400. The van der Waals surface area contributed by atoms with E-state index in [-0.39, 0.29) is 5.25 Å². The highest BCUT2D eigenvalue weighted by atomic mass is 32.2. The number of sulfonamides is 1. The summed E-state index contributed by atoms with van der Waals surface area (Å²) in [4.78, 5) is 0. The highest BCUT2D eigenvalue weighted by Gasteiger charge is 2.41. The molecule has 0 aromatic carbocycles. The first-order valence-corrected chi connectivity index (χ1v) is 9.16. The average molecular weight is 288 g/mol. The molecular formula is C14H28N2O2S. The molecule has 0 aliphatic heterocycles. The Labute approximate surface area is 117 Å². The smallest absolute Gasteiger partial charge is 0.215 e. The molecule has 0 amide bonds. The first-order chi connectivity index (χ1) is 8.90. The van der Waals surface area contributed by atoms with E-state index < -0.39 is 10.0 Å². The van der Waals surface area contributed by atoms with E-state index in [1.54, 1.807) is 6.92 Å². The lowest BCUT2D eigenvalue weighted by Crippen LogP contribution is -2.42. The molecule has 2 aliphatic rings. The van der Waals surface area contributed by atoms with Crippen molar-refractivity contribution >= 4 is 10.0 Å². The lowest BCUT2D eigenvalue weighted by atomic mass is 9.99. The van der Waals surface area contributed by atoms with Gasteiger partial charge in [0.25, 0.3) is 0 Å². The number of rotatable bonds is 9. The number of hydrogen-bond donors (Lipinski definition) is 2.